The first kappa shape index (κ1) is 15.5. The predicted octanol–water partition coefficient (Wildman–Crippen LogP) is 1.94. The van der Waals surface area contributed by atoms with Crippen molar-refractivity contribution in [1.82, 2.24) is 9.47 Å². The van der Waals surface area contributed by atoms with Crippen molar-refractivity contribution in [2.45, 2.75) is 12.8 Å². The average Bonchev–Trinajstić information content (AvgIpc) is 3.23. The lowest BCUT2D eigenvalue weighted by atomic mass is 10.2. The van der Waals surface area contributed by atoms with Crippen molar-refractivity contribution in [2.24, 2.45) is 7.05 Å². The minimum absolute atomic E-state index is 0.107. The molecule has 120 valence electrons. The van der Waals surface area contributed by atoms with Gasteiger partial charge in [0.1, 0.15) is 5.69 Å². The van der Waals surface area contributed by atoms with E-state index in [1.807, 2.05) is 0 Å². The highest BCUT2D eigenvalue weighted by Gasteiger charge is 2.21. The van der Waals surface area contributed by atoms with Gasteiger partial charge in [-0.3, -0.25) is 14.4 Å². The molecule has 2 amide bonds. The summed E-state index contributed by atoms with van der Waals surface area (Å²) in [5, 5.41) is 4.40. The second kappa shape index (κ2) is 6.37. The van der Waals surface area contributed by atoms with Crippen LogP contribution in [0.5, 0.6) is 0 Å². The van der Waals surface area contributed by atoms with Crippen molar-refractivity contribution in [1.29, 1.82) is 0 Å². The molecular formula is C16H17N3O3S. The van der Waals surface area contributed by atoms with Gasteiger partial charge in [-0.2, -0.15) is 0 Å². The van der Waals surface area contributed by atoms with Gasteiger partial charge in [-0.15, -0.1) is 11.3 Å². The summed E-state index contributed by atoms with van der Waals surface area (Å²) < 4.78 is 1.33. The Balaban J connectivity index is 1.89. The Bertz CT molecular complexity index is 789. The molecule has 1 aliphatic rings. The lowest BCUT2D eigenvalue weighted by Gasteiger charge is -2.16. The van der Waals surface area contributed by atoms with Gasteiger partial charge in [-0.25, -0.2) is 0 Å². The zero-order chi connectivity index (χ0) is 16.4. The van der Waals surface area contributed by atoms with E-state index < -0.39 is 0 Å². The van der Waals surface area contributed by atoms with Crippen LogP contribution in [0.2, 0.25) is 0 Å². The largest absolute Gasteiger partial charge is 0.339 e. The number of pyridine rings is 1. The fraction of sp³-hybridized carbons (Fsp3) is 0.312. The number of nitrogens with zero attached hydrogens (tertiary/aromatic N) is 2. The molecule has 1 N–H and O–H groups in total. The lowest BCUT2D eigenvalue weighted by Crippen LogP contribution is -2.30. The van der Waals surface area contributed by atoms with E-state index in [0.717, 1.165) is 25.9 Å². The summed E-state index contributed by atoms with van der Waals surface area (Å²) in [6.07, 6.45) is 3.52. The molecule has 0 radical (unpaired) electrons. The van der Waals surface area contributed by atoms with Crippen molar-refractivity contribution < 1.29 is 9.59 Å². The number of carbonyl (C=O) groups is 2. The molecule has 0 aliphatic carbocycles. The van der Waals surface area contributed by atoms with E-state index in [0.29, 0.717) is 10.4 Å². The third kappa shape index (κ3) is 3.19. The van der Waals surface area contributed by atoms with E-state index in [2.05, 4.69) is 5.32 Å². The SMILES string of the molecule is Cn1cc(C(=O)N2CCCC2)cc(NC(=O)c2cccs2)c1=O. The van der Waals surface area contributed by atoms with Crippen LogP contribution in [0.3, 0.4) is 0 Å². The van der Waals surface area contributed by atoms with E-state index >= 15 is 0 Å². The monoisotopic (exact) mass is 331 g/mol. The Labute approximate surface area is 137 Å². The summed E-state index contributed by atoms with van der Waals surface area (Å²) in [7, 11) is 1.57. The Kier molecular flexibility index (Phi) is 4.29. The third-order valence-corrected chi connectivity index (χ3v) is 4.69. The van der Waals surface area contributed by atoms with Crippen LogP contribution in [0.4, 0.5) is 5.69 Å². The van der Waals surface area contributed by atoms with Crippen molar-refractivity contribution in [2.75, 3.05) is 18.4 Å². The minimum Gasteiger partial charge on any atom is -0.339 e. The molecule has 0 bridgehead atoms. The Morgan fingerprint density at radius 1 is 1.26 bits per heavy atom. The first-order valence-electron chi connectivity index (χ1n) is 7.41. The van der Waals surface area contributed by atoms with E-state index in [-0.39, 0.29) is 23.1 Å². The number of hydrogen-bond donors (Lipinski definition) is 1. The molecule has 1 saturated heterocycles. The van der Waals surface area contributed by atoms with E-state index in [4.69, 9.17) is 0 Å². The summed E-state index contributed by atoms with van der Waals surface area (Å²) in [5.41, 5.74) is 0.194. The van der Waals surface area contributed by atoms with Gasteiger partial charge in [-0.05, 0) is 30.4 Å². The van der Waals surface area contributed by atoms with Gasteiger partial charge in [0.25, 0.3) is 17.4 Å². The molecule has 1 aliphatic heterocycles. The summed E-state index contributed by atoms with van der Waals surface area (Å²) in [6.45, 7) is 1.47. The van der Waals surface area contributed by atoms with Crippen LogP contribution in [-0.2, 0) is 7.05 Å². The molecular weight excluding hydrogens is 314 g/mol. The molecule has 23 heavy (non-hydrogen) atoms. The van der Waals surface area contributed by atoms with Crippen LogP contribution >= 0.6 is 11.3 Å². The Morgan fingerprint density at radius 2 is 2.00 bits per heavy atom. The Morgan fingerprint density at radius 3 is 2.65 bits per heavy atom. The quantitative estimate of drug-likeness (QED) is 0.934. The fourth-order valence-corrected chi connectivity index (χ4v) is 3.23. The molecule has 0 unspecified atom stereocenters. The van der Waals surface area contributed by atoms with Crippen LogP contribution in [0.25, 0.3) is 0 Å². The highest BCUT2D eigenvalue weighted by molar-refractivity contribution is 7.12. The molecule has 3 rings (SSSR count). The molecule has 1 fully saturated rings. The van der Waals surface area contributed by atoms with Crippen molar-refractivity contribution in [3.05, 3.63) is 50.6 Å². The molecule has 3 heterocycles. The number of rotatable bonds is 3. The second-order valence-electron chi connectivity index (χ2n) is 5.49. The summed E-state index contributed by atoms with van der Waals surface area (Å²) >= 11 is 1.30. The van der Waals surface area contributed by atoms with Crippen molar-refractivity contribution >= 4 is 28.8 Å². The highest BCUT2D eigenvalue weighted by atomic mass is 32.1. The summed E-state index contributed by atoms with van der Waals surface area (Å²) in [5.74, 6) is -0.451. The Hall–Kier alpha value is -2.41. The van der Waals surface area contributed by atoms with Crippen LogP contribution in [0, 0.1) is 0 Å². The zero-order valence-electron chi connectivity index (χ0n) is 12.7. The number of amides is 2. The molecule has 2 aromatic heterocycles. The van der Waals surface area contributed by atoms with Gasteiger partial charge in [0, 0.05) is 26.3 Å². The molecule has 7 heteroatoms. The lowest BCUT2D eigenvalue weighted by molar-refractivity contribution is 0.0791. The molecule has 0 saturated carbocycles. The number of aromatic nitrogens is 1. The number of hydrogen-bond acceptors (Lipinski definition) is 4. The van der Waals surface area contributed by atoms with E-state index in [1.165, 1.54) is 28.2 Å². The zero-order valence-corrected chi connectivity index (χ0v) is 13.6. The third-order valence-electron chi connectivity index (χ3n) is 3.82. The molecule has 6 nitrogen and oxygen atoms in total. The number of thiophene rings is 1. The van der Waals surface area contributed by atoms with Crippen molar-refractivity contribution in [3.63, 3.8) is 0 Å². The maximum atomic E-state index is 12.5. The van der Waals surface area contributed by atoms with Gasteiger partial charge in [0.05, 0.1) is 10.4 Å². The molecule has 0 spiro atoms. The topological polar surface area (TPSA) is 71.4 Å². The molecule has 0 aromatic carbocycles. The van der Waals surface area contributed by atoms with Gasteiger partial charge in [0.15, 0.2) is 0 Å². The number of nitrogens with one attached hydrogen (secondary N) is 1. The number of likely N-dealkylation sites (tertiary alicyclic amines) is 1. The fourth-order valence-electron chi connectivity index (χ4n) is 2.61. The van der Waals surface area contributed by atoms with Crippen LogP contribution in [0.1, 0.15) is 32.9 Å². The standard InChI is InChI=1S/C16H17N3O3S/c1-18-10-11(15(21)19-6-2-3-7-19)9-12(16(18)22)17-14(20)13-5-4-8-23-13/h4-5,8-10H,2-3,6-7H2,1H3,(H,17,20). The van der Waals surface area contributed by atoms with Crippen molar-refractivity contribution in [3.8, 4) is 0 Å². The van der Waals surface area contributed by atoms with Gasteiger partial charge in [0.2, 0.25) is 0 Å². The number of aryl methyl sites for hydroxylation is 1. The summed E-state index contributed by atoms with van der Waals surface area (Å²) in [6, 6.07) is 4.92. The molecule has 2 aromatic rings. The molecule has 0 atom stereocenters. The predicted molar refractivity (Wildman–Crippen MR) is 89.1 cm³/mol. The van der Waals surface area contributed by atoms with Crippen LogP contribution in [0.15, 0.2) is 34.6 Å². The summed E-state index contributed by atoms with van der Waals surface area (Å²) in [4.78, 5) is 39.1. The number of carbonyl (C=O) groups excluding carboxylic acids is 2. The van der Waals surface area contributed by atoms with Gasteiger partial charge < -0.3 is 14.8 Å². The maximum Gasteiger partial charge on any atom is 0.274 e. The normalized spacial score (nSPS) is 14.0. The maximum absolute atomic E-state index is 12.5. The first-order chi connectivity index (χ1) is 11.1. The highest BCUT2D eigenvalue weighted by Crippen LogP contribution is 2.15. The minimum atomic E-state index is -0.345. The van der Waals surface area contributed by atoms with E-state index in [1.54, 1.807) is 29.5 Å². The second-order valence-corrected chi connectivity index (χ2v) is 6.44. The van der Waals surface area contributed by atoms with Gasteiger partial charge in [-0.1, -0.05) is 6.07 Å². The smallest absolute Gasteiger partial charge is 0.274 e. The van der Waals surface area contributed by atoms with Gasteiger partial charge >= 0.3 is 0 Å². The van der Waals surface area contributed by atoms with E-state index in [9.17, 15) is 14.4 Å². The number of anilines is 1. The average molecular weight is 331 g/mol. The van der Waals surface area contributed by atoms with Crippen LogP contribution < -0.4 is 10.9 Å². The first-order valence-corrected chi connectivity index (χ1v) is 8.29. The van der Waals surface area contributed by atoms with Crippen LogP contribution in [-0.4, -0.2) is 34.4 Å².